The van der Waals surface area contributed by atoms with Crippen LogP contribution in [-0.4, -0.2) is 28.0 Å². The van der Waals surface area contributed by atoms with Gasteiger partial charge in [0, 0.05) is 7.11 Å². The Kier molecular flexibility index (Phi) is 10.1. The Balaban J connectivity index is 0. The molecule has 0 aliphatic carbocycles. The van der Waals surface area contributed by atoms with Crippen LogP contribution in [0.2, 0.25) is 19.6 Å². The van der Waals surface area contributed by atoms with Gasteiger partial charge in [0.1, 0.15) is 0 Å². The summed E-state index contributed by atoms with van der Waals surface area (Å²) in [4.78, 5) is 10.8. The summed E-state index contributed by atoms with van der Waals surface area (Å²) in [5.74, 6) is -0.0232. The van der Waals surface area contributed by atoms with Gasteiger partial charge in [-0.15, -0.1) is 0 Å². The number of hydrogen-bond acceptors (Lipinski definition) is 3. The molecular formula is C11H26O3Si. The number of esters is 1. The molecule has 0 saturated carbocycles. The minimum Gasteiger partial charge on any atom is -0.466 e. The molecule has 0 fully saturated rings. The molecule has 0 aromatic carbocycles. The van der Waals surface area contributed by atoms with Crippen LogP contribution < -0.4 is 0 Å². The summed E-state index contributed by atoms with van der Waals surface area (Å²) in [5, 5.41) is 0. The molecule has 0 aromatic heterocycles. The summed E-state index contributed by atoms with van der Waals surface area (Å²) in [6, 6.07) is 0. The van der Waals surface area contributed by atoms with Gasteiger partial charge in [-0.3, -0.25) is 4.79 Å². The molecule has 0 amide bonds. The highest BCUT2D eigenvalue weighted by atomic mass is 28.4. The molecule has 0 aliphatic rings. The minimum absolute atomic E-state index is 0.0601. The Hall–Kier alpha value is -0.353. The van der Waals surface area contributed by atoms with Gasteiger partial charge in [0.05, 0.1) is 12.5 Å². The molecule has 4 heteroatoms. The monoisotopic (exact) mass is 234 g/mol. The Morgan fingerprint density at radius 3 is 1.87 bits per heavy atom. The Morgan fingerprint density at radius 2 is 1.67 bits per heavy atom. The Bertz CT molecular complexity index is 164. The minimum atomic E-state index is -1.13. The van der Waals surface area contributed by atoms with Gasteiger partial charge in [-0.1, -0.05) is 13.8 Å². The maximum Gasteiger partial charge on any atom is 0.308 e. The van der Waals surface area contributed by atoms with Gasteiger partial charge in [0.25, 0.3) is 0 Å². The van der Waals surface area contributed by atoms with Gasteiger partial charge in [-0.05, 0) is 33.0 Å². The van der Waals surface area contributed by atoms with E-state index in [0.717, 1.165) is 6.42 Å². The molecule has 0 N–H and O–H groups in total. The fourth-order valence-electron chi connectivity index (χ4n) is 0.451. The van der Waals surface area contributed by atoms with Crippen LogP contribution in [0.25, 0.3) is 0 Å². The third-order valence-corrected chi connectivity index (χ3v) is 3.14. The summed E-state index contributed by atoms with van der Waals surface area (Å²) in [7, 11) is 0.639. The number of carbonyl (C=O) groups excluding carboxylic acids is 1. The lowest BCUT2D eigenvalue weighted by Crippen LogP contribution is -2.22. The highest BCUT2D eigenvalue weighted by molar-refractivity contribution is 6.69. The molecule has 0 aromatic rings. The maximum absolute atomic E-state index is 10.8. The molecule has 92 valence electrons. The standard InChI is InChI=1S/C7H14O2.C4H12OSi/c1-4-6(3)7(8)9-5-2;1-5-6(2,3)4/h6H,4-5H2,1-3H3;1-4H3. The van der Waals surface area contributed by atoms with Crippen molar-refractivity contribution in [1.29, 1.82) is 0 Å². The van der Waals surface area contributed by atoms with E-state index in [1.54, 1.807) is 7.11 Å². The summed E-state index contributed by atoms with van der Waals surface area (Å²) < 4.78 is 9.83. The lowest BCUT2D eigenvalue weighted by Gasteiger charge is -2.10. The largest absolute Gasteiger partial charge is 0.466 e. The normalized spacial score (nSPS) is 12.5. The summed E-state index contributed by atoms with van der Waals surface area (Å²) in [6.45, 7) is 12.6. The Morgan fingerprint density at radius 1 is 1.27 bits per heavy atom. The van der Waals surface area contributed by atoms with Crippen LogP contribution in [0.1, 0.15) is 27.2 Å². The highest BCUT2D eigenvalue weighted by Gasteiger charge is 2.09. The molecular weight excluding hydrogens is 208 g/mol. The SMILES string of the molecule is CCOC(=O)C(C)CC.CO[Si](C)(C)C. The summed E-state index contributed by atoms with van der Waals surface area (Å²) in [6.07, 6.45) is 0.860. The third kappa shape index (κ3) is 13.6. The fourth-order valence-corrected chi connectivity index (χ4v) is 0.451. The number of hydrogen-bond donors (Lipinski definition) is 0. The van der Waals surface area contributed by atoms with E-state index >= 15 is 0 Å². The molecule has 0 rings (SSSR count). The number of rotatable bonds is 4. The van der Waals surface area contributed by atoms with Crippen LogP contribution in [-0.2, 0) is 14.0 Å². The van der Waals surface area contributed by atoms with Crippen LogP contribution in [0.3, 0.4) is 0 Å². The van der Waals surface area contributed by atoms with Crippen molar-refractivity contribution in [2.24, 2.45) is 5.92 Å². The van der Waals surface area contributed by atoms with E-state index in [2.05, 4.69) is 19.6 Å². The second-order valence-corrected chi connectivity index (χ2v) is 9.01. The highest BCUT2D eigenvalue weighted by Crippen LogP contribution is 2.02. The van der Waals surface area contributed by atoms with Gasteiger partial charge in [-0.25, -0.2) is 0 Å². The van der Waals surface area contributed by atoms with E-state index in [-0.39, 0.29) is 11.9 Å². The van der Waals surface area contributed by atoms with Crippen LogP contribution >= 0.6 is 0 Å². The number of carbonyl (C=O) groups is 1. The van der Waals surface area contributed by atoms with Crippen LogP contribution in [0, 0.1) is 5.92 Å². The first-order valence-electron chi connectivity index (χ1n) is 5.50. The van der Waals surface area contributed by atoms with Crippen molar-refractivity contribution in [2.45, 2.75) is 46.8 Å². The van der Waals surface area contributed by atoms with E-state index in [0.29, 0.717) is 6.61 Å². The molecule has 0 saturated heterocycles. The van der Waals surface area contributed by atoms with Crippen molar-refractivity contribution in [2.75, 3.05) is 13.7 Å². The van der Waals surface area contributed by atoms with E-state index in [1.165, 1.54) is 0 Å². The molecule has 15 heavy (non-hydrogen) atoms. The first-order chi connectivity index (χ1) is 6.78. The zero-order valence-electron chi connectivity index (χ0n) is 11.2. The van der Waals surface area contributed by atoms with Gasteiger partial charge < -0.3 is 9.16 Å². The van der Waals surface area contributed by atoms with E-state index in [1.807, 2.05) is 20.8 Å². The third-order valence-electron chi connectivity index (χ3n) is 1.91. The van der Waals surface area contributed by atoms with E-state index < -0.39 is 8.32 Å². The predicted molar refractivity (Wildman–Crippen MR) is 66.4 cm³/mol. The van der Waals surface area contributed by atoms with Gasteiger partial charge in [-0.2, -0.15) is 0 Å². The van der Waals surface area contributed by atoms with E-state index in [9.17, 15) is 4.79 Å². The molecule has 1 unspecified atom stereocenters. The maximum atomic E-state index is 10.8. The Labute approximate surface area is 95.3 Å². The molecule has 0 heterocycles. The zero-order valence-corrected chi connectivity index (χ0v) is 12.2. The van der Waals surface area contributed by atoms with Crippen LogP contribution in [0.4, 0.5) is 0 Å². The van der Waals surface area contributed by atoms with Gasteiger partial charge in [0.15, 0.2) is 8.32 Å². The van der Waals surface area contributed by atoms with Crippen molar-refractivity contribution < 1.29 is 14.0 Å². The van der Waals surface area contributed by atoms with Crippen molar-refractivity contribution >= 4 is 14.3 Å². The smallest absolute Gasteiger partial charge is 0.308 e. The van der Waals surface area contributed by atoms with Crippen LogP contribution in [0.15, 0.2) is 0 Å². The second kappa shape index (κ2) is 8.92. The quantitative estimate of drug-likeness (QED) is 0.554. The molecule has 3 nitrogen and oxygen atoms in total. The average molecular weight is 234 g/mol. The molecule has 1 atom stereocenters. The van der Waals surface area contributed by atoms with Crippen molar-refractivity contribution in [1.82, 2.24) is 0 Å². The summed E-state index contributed by atoms with van der Waals surface area (Å²) in [5.41, 5.74) is 0. The van der Waals surface area contributed by atoms with E-state index in [4.69, 9.17) is 9.16 Å². The fraction of sp³-hybridized carbons (Fsp3) is 0.909. The zero-order chi connectivity index (χ0) is 12.5. The number of ether oxygens (including phenoxy) is 1. The molecule has 0 aliphatic heterocycles. The van der Waals surface area contributed by atoms with Gasteiger partial charge in [0.2, 0.25) is 0 Å². The first-order valence-corrected chi connectivity index (χ1v) is 8.91. The predicted octanol–water partition coefficient (Wildman–Crippen LogP) is 3.06. The van der Waals surface area contributed by atoms with Crippen molar-refractivity contribution in [3.8, 4) is 0 Å². The van der Waals surface area contributed by atoms with Crippen molar-refractivity contribution in [3.05, 3.63) is 0 Å². The lowest BCUT2D eigenvalue weighted by atomic mass is 10.1. The summed E-state index contributed by atoms with van der Waals surface area (Å²) >= 11 is 0. The molecule has 0 bridgehead atoms. The topological polar surface area (TPSA) is 35.5 Å². The van der Waals surface area contributed by atoms with Crippen molar-refractivity contribution in [3.63, 3.8) is 0 Å². The molecule has 0 radical (unpaired) electrons. The van der Waals surface area contributed by atoms with Gasteiger partial charge >= 0.3 is 5.97 Å². The molecule has 0 spiro atoms. The average Bonchev–Trinajstić information content (AvgIpc) is 2.17. The second-order valence-electron chi connectivity index (χ2n) is 4.38. The lowest BCUT2D eigenvalue weighted by molar-refractivity contribution is -0.147. The van der Waals surface area contributed by atoms with Crippen LogP contribution in [0.5, 0.6) is 0 Å². The first kappa shape index (κ1) is 17.1.